The van der Waals surface area contributed by atoms with E-state index in [9.17, 15) is 9.59 Å². The molecular formula is C16H22BrN3O3. The highest BCUT2D eigenvalue weighted by molar-refractivity contribution is 9.10. The van der Waals surface area contributed by atoms with Crippen LogP contribution in [0.25, 0.3) is 0 Å². The van der Waals surface area contributed by atoms with Crippen LogP contribution in [0.5, 0.6) is 0 Å². The molecule has 1 N–H and O–H groups in total. The number of piperidine rings is 1. The average Bonchev–Trinajstić information content (AvgIpc) is 2.44. The molecule has 0 saturated carbocycles. The maximum atomic E-state index is 12.5. The molecule has 7 heteroatoms. The van der Waals surface area contributed by atoms with Crippen molar-refractivity contribution in [2.75, 3.05) is 13.1 Å². The highest BCUT2D eigenvalue weighted by Gasteiger charge is 2.27. The van der Waals surface area contributed by atoms with Crippen molar-refractivity contribution in [1.29, 1.82) is 0 Å². The molecule has 1 aliphatic heterocycles. The van der Waals surface area contributed by atoms with Gasteiger partial charge in [0.1, 0.15) is 10.2 Å². The number of carbonyl (C=O) groups excluding carboxylic acids is 2. The van der Waals surface area contributed by atoms with Crippen molar-refractivity contribution < 1.29 is 14.3 Å². The van der Waals surface area contributed by atoms with Crippen LogP contribution in [-0.2, 0) is 4.74 Å². The topological polar surface area (TPSA) is 71.5 Å². The Morgan fingerprint density at radius 2 is 2.17 bits per heavy atom. The lowest BCUT2D eigenvalue weighted by molar-refractivity contribution is 0.0452. The number of likely N-dealkylation sites (tertiary alicyclic amines) is 1. The first-order chi connectivity index (χ1) is 10.7. The van der Waals surface area contributed by atoms with Gasteiger partial charge < -0.3 is 15.0 Å². The Bertz CT molecular complexity index is 586. The average molecular weight is 384 g/mol. The van der Waals surface area contributed by atoms with E-state index in [0.717, 1.165) is 12.8 Å². The first-order valence-corrected chi connectivity index (χ1v) is 8.44. The molecule has 0 aliphatic carbocycles. The zero-order valence-electron chi connectivity index (χ0n) is 13.6. The van der Waals surface area contributed by atoms with Crippen LogP contribution in [0.4, 0.5) is 4.79 Å². The molecule has 0 radical (unpaired) electrons. The van der Waals surface area contributed by atoms with E-state index in [2.05, 4.69) is 26.2 Å². The Kier molecular flexibility index (Phi) is 5.62. The van der Waals surface area contributed by atoms with Gasteiger partial charge in [-0.1, -0.05) is 0 Å². The van der Waals surface area contributed by atoms with Crippen LogP contribution in [0.2, 0.25) is 0 Å². The number of aromatic nitrogens is 1. The number of alkyl carbamates (subject to hydrolysis) is 1. The van der Waals surface area contributed by atoms with Crippen LogP contribution >= 0.6 is 15.9 Å². The first-order valence-electron chi connectivity index (χ1n) is 7.65. The Morgan fingerprint density at radius 1 is 1.43 bits per heavy atom. The van der Waals surface area contributed by atoms with E-state index in [1.807, 2.05) is 20.8 Å². The Morgan fingerprint density at radius 3 is 2.83 bits per heavy atom. The minimum absolute atomic E-state index is 0.0520. The van der Waals surface area contributed by atoms with E-state index < -0.39 is 11.7 Å². The van der Waals surface area contributed by atoms with Gasteiger partial charge in [-0.3, -0.25) is 4.79 Å². The molecule has 6 nitrogen and oxygen atoms in total. The number of nitrogens with one attached hydrogen (secondary N) is 1. The van der Waals surface area contributed by atoms with Crippen molar-refractivity contribution in [3.8, 4) is 0 Å². The minimum atomic E-state index is -0.530. The van der Waals surface area contributed by atoms with Crippen LogP contribution in [0, 0.1) is 0 Å². The van der Waals surface area contributed by atoms with Gasteiger partial charge in [0.05, 0.1) is 0 Å². The summed E-state index contributed by atoms with van der Waals surface area (Å²) in [5.41, 5.74) is 0.0576. The van der Waals surface area contributed by atoms with Crippen LogP contribution < -0.4 is 5.32 Å². The molecule has 0 aromatic carbocycles. The highest BCUT2D eigenvalue weighted by Crippen LogP contribution is 2.16. The van der Waals surface area contributed by atoms with Crippen molar-refractivity contribution in [3.63, 3.8) is 0 Å². The third-order valence-corrected chi connectivity index (χ3v) is 3.84. The van der Waals surface area contributed by atoms with Gasteiger partial charge in [-0.05, 0) is 61.7 Å². The summed E-state index contributed by atoms with van der Waals surface area (Å²) in [5.74, 6) is -0.0520. The number of rotatable bonds is 2. The molecule has 1 saturated heterocycles. The second-order valence-corrected chi connectivity index (χ2v) is 7.42. The highest BCUT2D eigenvalue weighted by atomic mass is 79.9. The zero-order valence-corrected chi connectivity index (χ0v) is 15.2. The van der Waals surface area contributed by atoms with Gasteiger partial charge in [0, 0.05) is 30.9 Å². The zero-order chi connectivity index (χ0) is 17.0. The van der Waals surface area contributed by atoms with E-state index in [4.69, 9.17) is 4.74 Å². The van der Waals surface area contributed by atoms with E-state index in [1.165, 1.54) is 0 Å². The first kappa shape index (κ1) is 17.7. The summed E-state index contributed by atoms with van der Waals surface area (Å²) >= 11 is 3.27. The predicted molar refractivity (Wildman–Crippen MR) is 90.2 cm³/mol. The number of amides is 2. The normalized spacial score (nSPS) is 18.4. The third-order valence-electron chi connectivity index (χ3n) is 3.40. The molecule has 1 aliphatic rings. The van der Waals surface area contributed by atoms with Crippen molar-refractivity contribution in [2.45, 2.75) is 45.3 Å². The fourth-order valence-corrected chi connectivity index (χ4v) is 2.84. The Hall–Kier alpha value is -1.63. The van der Waals surface area contributed by atoms with Crippen LogP contribution in [0.1, 0.15) is 44.0 Å². The fourth-order valence-electron chi connectivity index (χ4n) is 2.47. The molecule has 2 heterocycles. The minimum Gasteiger partial charge on any atom is -0.444 e. The van der Waals surface area contributed by atoms with E-state index in [-0.39, 0.29) is 11.9 Å². The molecule has 2 rings (SSSR count). The number of pyridine rings is 1. The Balaban J connectivity index is 1.95. The summed E-state index contributed by atoms with van der Waals surface area (Å²) in [4.78, 5) is 30.2. The van der Waals surface area contributed by atoms with E-state index >= 15 is 0 Å². The number of carbonyl (C=O) groups is 2. The third kappa shape index (κ3) is 5.49. The summed E-state index contributed by atoms with van der Waals surface area (Å²) in [6.07, 6.45) is 2.84. The second kappa shape index (κ2) is 7.29. The summed E-state index contributed by atoms with van der Waals surface area (Å²) < 4.78 is 5.90. The van der Waals surface area contributed by atoms with Crippen molar-refractivity contribution in [3.05, 3.63) is 28.5 Å². The van der Waals surface area contributed by atoms with Crippen molar-refractivity contribution in [1.82, 2.24) is 15.2 Å². The van der Waals surface area contributed by atoms with Gasteiger partial charge in [0.25, 0.3) is 5.91 Å². The monoisotopic (exact) mass is 383 g/mol. The van der Waals surface area contributed by atoms with Gasteiger partial charge in [-0.25, -0.2) is 9.78 Å². The molecule has 1 atom stereocenters. The van der Waals surface area contributed by atoms with Crippen LogP contribution in [0.15, 0.2) is 22.9 Å². The summed E-state index contributed by atoms with van der Waals surface area (Å²) in [6.45, 7) is 6.64. The molecule has 1 aromatic heterocycles. The quantitative estimate of drug-likeness (QED) is 0.796. The lowest BCUT2D eigenvalue weighted by Crippen LogP contribution is -2.50. The fraction of sp³-hybridized carbons (Fsp3) is 0.562. The predicted octanol–water partition coefficient (Wildman–Crippen LogP) is 2.97. The van der Waals surface area contributed by atoms with Crippen LogP contribution in [-0.4, -0.2) is 46.6 Å². The number of halogens is 1. The largest absolute Gasteiger partial charge is 0.444 e. The molecule has 23 heavy (non-hydrogen) atoms. The molecule has 2 amide bonds. The summed E-state index contributed by atoms with van der Waals surface area (Å²) in [5, 5.41) is 2.85. The molecule has 126 valence electrons. The standard InChI is InChI=1S/C16H22BrN3O3/c1-16(2,3)23-15(22)19-12-5-4-8-20(10-12)14(21)11-6-7-18-13(17)9-11/h6-7,9,12H,4-5,8,10H2,1-3H3,(H,19,22)/t12-/m1/s1. The van der Waals surface area contributed by atoms with Crippen LogP contribution in [0.3, 0.4) is 0 Å². The van der Waals surface area contributed by atoms with Gasteiger partial charge in [-0.15, -0.1) is 0 Å². The molecule has 0 unspecified atom stereocenters. The second-order valence-electron chi connectivity index (χ2n) is 6.60. The van der Waals surface area contributed by atoms with E-state index in [0.29, 0.717) is 23.3 Å². The van der Waals surface area contributed by atoms with Crippen molar-refractivity contribution >= 4 is 27.9 Å². The lowest BCUT2D eigenvalue weighted by atomic mass is 10.0. The lowest BCUT2D eigenvalue weighted by Gasteiger charge is -2.33. The molecule has 1 aromatic rings. The smallest absolute Gasteiger partial charge is 0.407 e. The molecule has 0 bridgehead atoms. The SMILES string of the molecule is CC(C)(C)OC(=O)N[C@@H]1CCCN(C(=O)c2ccnc(Br)c2)C1. The molecular weight excluding hydrogens is 362 g/mol. The van der Waals surface area contributed by atoms with Gasteiger partial charge in [0.15, 0.2) is 0 Å². The van der Waals surface area contributed by atoms with Gasteiger partial charge >= 0.3 is 6.09 Å². The van der Waals surface area contributed by atoms with Gasteiger partial charge in [0.2, 0.25) is 0 Å². The molecule has 1 fully saturated rings. The van der Waals surface area contributed by atoms with Gasteiger partial charge in [-0.2, -0.15) is 0 Å². The summed E-state index contributed by atoms with van der Waals surface area (Å²) in [6, 6.07) is 3.30. The number of nitrogens with zero attached hydrogens (tertiary/aromatic N) is 2. The molecule has 0 spiro atoms. The Labute approximate surface area is 144 Å². The van der Waals surface area contributed by atoms with E-state index in [1.54, 1.807) is 23.2 Å². The van der Waals surface area contributed by atoms with Crippen molar-refractivity contribution in [2.24, 2.45) is 0 Å². The number of hydrogen-bond acceptors (Lipinski definition) is 4. The number of ether oxygens (including phenoxy) is 1. The maximum Gasteiger partial charge on any atom is 0.407 e. The number of hydrogen-bond donors (Lipinski definition) is 1. The summed E-state index contributed by atoms with van der Waals surface area (Å²) in [7, 11) is 0. The maximum absolute atomic E-state index is 12.5.